The Morgan fingerprint density at radius 3 is 2.45 bits per heavy atom. The van der Waals surface area contributed by atoms with Crippen LogP contribution in [0.5, 0.6) is 5.75 Å². The average molecular weight is 407 g/mol. The Bertz CT molecular complexity index is 1290. The van der Waals surface area contributed by atoms with Crippen LogP contribution in [-0.2, 0) is 10.0 Å². The van der Waals surface area contributed by atoms with Gasteiger partial charge in [0, 0.05) is 18.0 Å². The van der Waals surface area contributed by atoms with E-state index < -0.39 is 10.0 Å². The second kappa shape index (κ2) is 7.25. The van der Waals surface area contributed by atoms with Gasteiger partial charge >= 0.3 is 0 Å². The lowest BCUT2D eigenvalue weighted by Crippen LogP contribution is -2.13. The summed E-state index contributed by atoms with van der Waals surface area (Å²) in [5, 5.41) is 0. The molecule has 29 heavy (non-hydrogen) atoms. The monoisotopic (exact) mass is 407 g/mol. The molecule has 0 aliphatic rings. The van der Waals surface area contributed by atoms with E-state index in [1.807, 2.05) is 61.0 Å². The number of aromatic nitrogens is 2. The molecule has 6 nitrogen and oxygen atoms in total. The maximum atomic E-state index is 12.8. The third-order valence-corrected chi connectivity index (χ3v) is 6.21. The minimum atomic E-state index is -3.72. The summed E-state index contributed by atoms with van der Waals surface area (Å²) in [6.07, 6.45) is 3.88. The van der Waals surface area contributed by atoms with E-state index in [0.717, 1.165) is 28.0 Å². The first-order valence-electron chi connectivity index (χ1n) is 9.09. The van der Waals surface area contributed by atoms with E-state index in [0.29, 0.717) is 11.4 Å². The van der Waals surface area contributed by atoms with Gasteiger partial charge in [0.05, 0.1) is 23.4 Å². The first kappa shape index (κ1) is 19.0. The highest BCUT2D eigenvalue weighted by Gasteiger charge is 2.16. The van der Waals surface area contributed by atoms with Crippen molar-refractivity contribution in [3.8, 4) is 17.0 Å². The van der Waals surface area contributed by atoms with Crippen LogP contribution in [0.2, 0.25) is 0 Å². The maximum Gasteiger partial charge on any atom is 0.261 e. The quantitative estimate of drug-likeness (QED) is 0.531. The molecule has 2 aromatic carbocycles. The minimum Gasteiger partial charge on any atom is -0.497 e. The molecule has 0 unspecified atom stereocenters. The highest BCUT2D eigenvalue weighted by molar-refractivity contribution is 7.92. The average Bonchev–Trinajstić information content (AvgIpc) is 3.15. The molecule has 0 aliphatic carbocycles. The van der Waals surface area contributed by atoms with Crippen molar-refractivity contribution in [1.82, 2.24) is 9.38 Å². The smallest absolute Gasteiger partial charge is 0.261 e. The number of nitrogens with zero attached hydrogens (tertiary/aromatic N) is 2. The Labute approximate surface area is 169 Å². The Hall–Kier alpha value is -3.32. The van der Waals surface area contributed by atoms with Crippen LogP contribution in [0.15, 0.2) is 71.9 Å². The van der Waals surface area contributed by atoms with Crippen LogP contribution in [0.1, 0.15) is 11.1 Å². The number of aryl methyl sites for hydroxylation is 2. The second-order valence-corrected chi connectivity index (χ2v) is 8.54. The lowest BCUT2D eigenvalue weighted by Gasteiger charge is -2.12. The predicted octanol–water partition coefficient (Wildman–Crippen LogP) is 4.43. The predicted molar refractivity (Wildman–Crippen MR) is 114 cm³/mol. The molecule has 0 fully saturated rings. The first-order chi connectivity index (χ1) is 13.9. The zero-order valence-electron chi connectivity index (χ0n) is 16.4. The van der Waals surface area contributed by atoms with E-state index in [1.54, 1.807) is 12.1 Å². The van der Waals surface area contributed by atoms with Gasteiger partial charge in [-0.25, -0.2) is 13.4 Å². The third kappa shape index (κ3) is 3.69. The van der Waals surface area contributed by atoms with Crippen molar-refractivity contribution in [1.29, 1.82) is 0 Å². The van der Waals surface area contributed by atoms with Gasteiger partial charge in [-0.2, -0.15) is 0 Å². The summed E-state index contributed by atoms with van der Waals surface area (Å²) in [4.78, 5) is 4.87. The van der Waals surface area contributed by atoms with Crippen molar-refractivity contribution in [2.75, 3.05) is 11.8 Å². The molecule has 0 radical (unpaired) electrons. The number of ether oxygens (including phenoxy) is 1. The molecule has 4 rings (SSSR count). The number of anilines is 1. The lowest BCUT2D eigenvalue weighted by atomic mass is 10.1. The standard InChI is InChI=1S/C22H21N3O3S/c1-15-6-7-17(21-14-25-12-4-5-16(2)22(25)23-21)13-20(15)24-29(26,27)19-10-8-18(28-3)9-11-19/h4-14,24H,1-3H3. The number of hydrogen-bond acceptors (Lipinski definition) is 4. The molecule has 0 atom stereocenters. The topological polar surface area (TPSA) is 72.7 Å². The summed E-state index contributed by atoms with van der Waals surface area (Å²) in [7, 11) is -2.18. The van der Waals surface area contributed by atoms with Gasteiger partial charge in [0.25, 0.3) is 10.0 Å². The zero-order chi connectivity index (χ0) is 20.6. The van der Waals surface area contributed by atoms with Crippen molar-refractivity contribution in [2.45, 2.75) is 18.7 Å². The van der Waals surface area contributed by atoms with E-state index in [4.69, 9.17) is 9.72 Å². The Morgan fingerprint density at radius 2 is 1.76 bits per heavy atom. The van der Waals surface area contributed by atoms with Crippen molar-refractivity contribution >= 4 is 21.4 Å². The van der Waals surface area contributed by atoms with Gasteiger partial charge in [0.15, 0.2) is 0 Å². The minimum absolute atomic E-state index is 0.173. The lowest BCUT2D eigenvalue weighted by molar-refractivity contribution is 0.414. The number of imidazole rings is 1. The molecule has 4 aromatic rings. The Kier molecular flexibility index (Phi) is 4.76. The van der Waals surface area contributed by atoms with Crippen LogP contribution in [0.3, 0.4) is 0 Å². The fraction of sp³-hybridized carbons (Fsp3) is 0.136. The van der Waals surface area contributed by atoms with Crippen LogP contribution in [-0.4, -0.2) is 24.9 Å². The van der Waals surface area contributed by atoms with E-state index in [2.05, 4.69) is 4.72 Å². The number of nitrogens with one attached hydrogen (secondary N) is 1. The zero-order valence-corrected chi connectivity index (χ0v) is 17.2. The largest absolute Gasteiger partial charge is 0.497 e. The molecule has 0 amide bonds. The molecule has 0 saturated carbocycles. The number of hydrogen-bond donors (Lipinski definition) is 1. The summed E-state index contributed by atoms with van der Waals surface area (Å²) in [5.74, 6) is 0.601. The molecule has 2 heterocycles. The number of pyridine rings is 1. The van der Waals surface area contributed by atoms with Gasteiger partial charge in [-0.05, 0) is 61.4 Å². The molecule has 0 aliphatic heterocycles. The summed E-state index contributed by atoms with van der Waals surface area (Å²) >= 11 is 0. The van der Waals surface area contributed by atoms with Crippen molar-refractivity contribution in [3.05, 3.63) is 78.1 Å². The summed E-state index contributed by atoms with van der Waals surface area (Å²) < 4.78 is 35.4. The van der Waals surface area contributed by atoms with Crippen LogP contribution in [0, 0.1) is 13.8 Å². The van der Waals surface area contributed by atoms with Gasteiger partial charge in [-0.1, -0.05) is 18.2 Å². The highest BCUT2D eigenvalue weighted by Crippen LogP contribution is 2.28. The molecular weight excluding hydrogens is 386 g/mol. The number of fused-ring (bicyclic) bond motifs is 1. The van der Waals surface area contributed by atoms with Crippen molar-refractivity contribution in [2.24, 2.45) is 0 Å². The van der Waals surface area contributed by atoms with Gasteiger partial charge < -0.3 is 9.14 Å². The van der Waals surface area contributed by atoms with Gasteiger partial charge in [-0.15, -0.1) is 0 Å². The molecular formula is C22H21N3O3S. The van der Waals surface area contributed by atoms with E-state index in [-0.39, 0.29) is 4.90 Å². The van der Waals surface area contributed by atoms with Crippen molar-refractivity contribution in [3.63, 3.8) is 0 Å². The highest BCUT2D eigenvalue weighted by atomic mass is 32.2. The number of sulfonamides is 1. The molecule has 0 saturated heterocycles. The fourth-order valence-electron chi connectivity index (χ4n) is 3.14. The fourth-order valence-corrected chi connectivity index (χ4v) is 4.26. The van der Waals surface area contributed by atoms with Gasteiger partial charge in [0.2, 0.25) is 0 Å². The van der Waals surface area contributed by atoms with E-state index in [1.165, 1.54) is 19.2 Å². The van der Waals surface area contributed by atoms with E-state index in [9.17, 15) is 8.42 Å². The summed E-state index contributed by atoms with van der Waals surface area (Å²) in [6, 6.07) is 15.9. The van der Waals surface area contributed by atoms with E-state index >= 15 is 0 Å². The van der Waals surface area contributed by atoms with Gasteiger partial charge in [0.1, 0.15) is 11.4 Å². The molecule has 0 spiro atoms. The molecule has 0 bridgehead atoms. The number of methoxy groups -OCH3 is 1. The van der Waals surface area contributed by atoms with Gasteiger partial charge in [-0.3, -0.25) is 4.72 Å². The third-order valence-electron chi connectivity index (χ3n) is 4.83. The summed E-state index contributed by atoms with van der Waals surface area (Å²) in [6.45, 7) is 3.87. The Morgan fingerprint density at radius 1 is 1.00 bits per heavy atom. The first-order valence-corrected chi connectivity index (χ1v) is 10.6. The summed E-state index contributed by atoms with van der Waals surface area (Å²) in [5.41, 5.74) is 4.92. The van der Waals surface area contributed by atoms with Crippen LogP contribution in [0.25, 0.3) is 16.9 Å². The molecule has 7 heteroatoms. The number of benzene rings is 2. The van der Waals surface area contributed by atoms with Crippen LogP contribution in [0.4, 0.5) is 5.69 Å². The Balaban J connectivity index is 1.70. The molecule has 148 valence electrons. The SMILES string of the molecule is COc1ccc(S(=O)(=O)Nc2cc(-c3cn4cccc(C)c4n3)ccc2C)cc1. The van der Waals surface area contributed by atoms with Crippen LogP contribution >= 0.6 is 0 Å². The molecule has 1 N–H and O–H groups in total. The maximum absolute atomic E-state index is 12.8. The molecule has 2 aromatic heterocycles. The second-order valence-electron chi connectivity index (χ2n) is 6.86. The normalized spacial score (nSPS) is 11.6. The number of rotatable bonds is 5. The van der Waals surface area contributed by atoms with Crippen molar-refractivity contribution < 1.29 is 13.2 Å². The van der Waals surface area contributed by atoms with Crippen LogP contribution < -0.4 is 9.46 Å².